The van der Waals surface area contributed by atoms with Crippen molar-refractivity contribution in [1.29, 1.82) is 0 Å². The zero-order valence-electron chi connectivity index (χ0n) is 9.64. The van der Waals surface area contributed by atoms with Gasteiger partial charge in [-0.1, -0.05) is 12.1 Å². The van der Waals surface area contributed by atoms with Gasteiger partial charge in [0.15, 0.2) is 0 Å². The molecule has 0 aromatic heterocycles. The summed E-state index contributed by atoms with van der Waals surface area (Å²) >= 11 is 0. The van der Waals surface area contributed by atoms with Crippen LogP contribution in [0.15, 0.2) is 24.3 Å². The van der Waals surface area contributed by atoms with Crippen molar-refractivity contribution in [2.45, 2.75) is 25.6 Å². The number of halogens is 1. The van der Waals surface area contributed by atoms with Crippen molar-refractivity contribution in [2.24, 2.45) is 0 Å². The van der Waals surface area contributed by atoms with Gasteiger partial charge in [0.2, 0.25) is 10.0 Å². The summed E-state index contributed by atoms with van der Waals surface area (Å²) in [4.78, 5) is 0. The summed E-state index contributed by atoms with van der Waals surface area (Å²) in [6.07, 6.45) is 0. The molecule has 0 atom stereocenters. The lowest BCUT2D eigenvalue weighted by molar-refractivity contribution is 0.458. The second-order valence-electron chi connectivity index (χ2n) is 3.98. The molecule has 0 N–H and O–H groups in total. The standard InChI is InChI=1S/C11H16FNO2S/c1-9(2)16(14,15)13(3)8-10-5-4-6-11(12)7-10/h4-7,9H,8H2,1-3H3. The summed E-state index contributed by atoms with van der Waals surface area (Å²) in [7, 11) is -1.78. The van der Waals surface area contributed by atoms with Gasteiger partial charge < -0.3 is 0 Å². The fourth-order valence-corrected chi connectivity index (χ4v) is 2.39. The molecule has 0 heterocycles. The van der Waals surface area contributed by atoms with Crippen LogP contribution in [-0.4, -0.2) is 25.0 Å². The first-order chi connectivity index (χ1) is 7.34. The molecule has 0 fully saturated rings. The molecule has 1 aromatic carbocycles. The summed E-state index contributed by atoms with van der Waals surface area (Å²) in [6, 6.07) is 5.95. The molecule has 1 aromatic rings. The van der Waals surface area contributed by atoms with E-state index in [1.807, 2.05) is 0 Å². The summed E-state index contributed by atoms with van der Waals surface area (Å²) in [5.41, 5.74) is 0.645. The van der Waals surface area contributed by atoms with Gasteiger partial charge in [-0.05, 0) is 31.5 Å². The van der Waals surface area contributed by atoms with Crippen LogP contribution in [0.5, 0.6) is 0 Å². The monoisotopic (exact) mass is 245 g/mol. The molecule has 0 unspecified atom stereocenters. The fourth-order valence-electron chi connectivity index (χ4n) is 1.34. The Bertz CT molecular complexity index is 457. The lowest BCUT2D eigenvalue weighted by Gasteiger charge is -2.19. The van der Waals surface area contributed by atoms with Crippen molar-refractivity contribution in [3.63, 3.8) is 0 Å². The Morgan fingerprint density at radius 2 is 2.00 bits per heavy atom. The highest BCUT2D eigenvalue weighted by atomic mass is 32.2. The molecule has 0 aliphatic carbocycles. The smallest absolute Gasteiger partial charge is 0.212 e. The van der Waals surface area contributed by atoms with Gasteiger partial charge in [-0.3, -0.25) is 0 Å². The van der Waals surface area contributed by atoms with E-state index in [9.17, 15) is 12.8 Å². The fraction of sp³-hybridized carbons (Fsp3) is 0.455. The average molecular weight is 245 g/mol. The van der Waals surface area contributed by atoms with Crippen molar-refractivity contribution in [3.05, 3.63) is 35.6 Å². The lowest BCUT2D eigenvalue weighted by atomic mass is 10.2. The average Bonchev–Trinajstić information content (AvgIpc) is 2.17. The highest BCUT2D eigenvalue weighted by molar-refractivity contribution is 7.89. The predicted octanol–water partition coefficient (Wildman–Crippen LogP) is 2.00. The molecule has 0 aliphatic rings. The summed E-state index contributed by atoms with van der Waals surface area (Å²) in [5.74, 6) is -0.354. The first kappa shape index (κ1) is 13.1. The van der Waals surface area contributed by atoms with E-state index in [-0.39, 0.29) is 12.4 Å². The number of hydrogen-bond acceptors (Lipinski definition) is 2. The van der Waals surface area contributed by atoms with E-state index in [1.54, 1.807) is 26.0 Å². The second-order valence-corrected chi connectivity index (χ2v) is 6.58. The zero-order valence-corrected chi connectivity index (χ0v) is 10.5. The maximum Gasteiger partial charge on any atom is 0.216 e. The maximum absolute atomic E-state index is 12.9. The molecule has 0 bridgehead atoms. The van der Waals surface area contributed by atoms with E-state index >= 15 is 0 Å². The van der Waals surface area contributed by atoms with Gasteiger partial charge >= 0.3 is 0 Å². The van der Waals surface area contributed by atoms with E-state index in [4.69, 9.17) is 0 Å². The summed E-state index contributed by atoms with van der Waals surface area (Å²) in [6.45, 7) is 3.44. The summed E-state index contributed by atoms with van der Waals surface area (Å²) in [5, 5.41) is -0.467. The molecule has 16 heavy (non-hydrogen) atoms. The highest BCUT2D eigenvalue weighted by Gasteiger charge is 2.21. The Morgan fingerprint density at radius 1 is 1.38 bits per heavy atom. The van der Waals surface area contributed by atoms with Crippen molar-refractivity contribution in [1.82, 2.24) is 4.31 Å². The Labute approximate surface area is 95.9 Å². The van der Waals surface area contributed by atoms with Gasteiger partial charge in [-0.25, -0.2) is 17.1 Å². The van der Waals surface area contributed by atoms with Crippen LogP contribution in [0.2, 0.25) is 0 Å². The lowest BCUT2D eigenvalue weighted by Crippen LogP contribution is -2.32. The Hall–Kier alpha value is -0.940. The van der Waals surface area contributed by atoms with Crippen molar-refractivity contribution in [3.8, 4) is 0 Å². The zero-order chi connectivity index (χ0) is 12.3. The predicted molar refractivity (Wildman–Crippen MR) is 61.9 cm³/mol. The molecule has 0 saturated carbocycles. The van der Waals surface area contributed by atoms with Crippen LogP contribution < -0.4 is 0 Å². The minimum atomic E-state index is -3.28. The second kappa shape index (κ2) is 4.93. The van der Waals surface area contributed by atoms with Gasteiger partial charge in [-0.2, -0.15) is 0 Å². The first-order valence-electron chi connectivity index (χ1n) is 5.03. The molecule has 90 valence electrons. The normalized spacial score (nSPS) is 12.4. The maximum atomic E-state index is 12.9. The third-order valence-corrected chi connectivity index (χ3v) is 4.51. The highest BCUT2D eigenvalue weighted by Crippen LogP contribution is 2.12. The number of sulfonamides is 1. The van der Waals surface area contributed by atoms with Gasteiger partial charge in [0.05, 0.1) is 5.25 Å². The van der Waals surface area contributed by atoms with Gasteiger partial charge in [0.25, 0.3) is 0 Å². The Balaban J connectivity index is 2.83. The van der Waals surface area contributed by atoms with Gasteiger partial charge in [0, 0.05) is 13.6 Å². The van der Waals surface area contributed by atoms with Crippen LogP contribution in [0, 0.1) is 5.82 Å². The van der Waals surface area contributed by atoms with E-state index < -0.39 is 15.3 Å². The quantitative estimate of drug-likeness (QED) is 0.813. The first-order valence-corrected chi connectivity index (χ1v) is 6.54. The van der Waals surface area contributed by atoms with Crippen LogP contribution in [0.25, 0.3) is 0 Å². The van der Waals surface area contributed by atoms with Gasteiger partial charge in [-0.15, -0.1) is 0 Å². The number of rotatable bonds is 4. The topological polar surface area (TPSA) is 37.4 Å². The third-order valence-electron chi connectivity index (χ3n) is 2.32. The molecule has 1 rings (SSSR count). The van der Waals surface area contributed by atoms with Gasteiger partial charge in [0.1, 0.15) is 5.82 Å². The van der Waals surface area contributed by atoms with Crippen LogP contribution in [-0.2, 0) is 16.6 Å². The molecule has 0 spiro atoms. The molecule has 0 saturated heterocycles. The van der Waals surface area contributed by atoms with E-state index in [0.717, 1.165) is 0 Å². The molecule has 5 heteroatoms. The number of nitrogens with zero attached hydrogens (tertiary/aromatic N) is 1. The van der Waals surface area contributed by atoms with E-state index in [2.05, 4.69) is 0 Å². The summed E-state index contributed by atoms with van der Waals surface area (Å²) < 4.78 is 37.7. The third kappa shape index (κ3) is 3.02. The number of hydrogen-bond donors (Lipinski definition) is 0. The molecule has 0 amide bonds. The molecule has 3 nitrogen and oxygen atoms in total. The Kier molecular flexibility index (Phi) is 4.04. The van der Waals surface area contributed by atoms with Crippen LogP contribution in [0.3, 0.4) is 0 Å². The molecular weight excluding hydrogens is 229 g/mol. The van der Waals surface area contributed by atoms with Crippen LogP contribution in [0.1, 0.15) is 19.4 Å². The largest absolute Gasteiger partial charge is 0.216 e. The minimum Gasteiger partial charge on any atom is -0.212 e. The minimum absolute atomic E-state index is 0.193. The van der Waals surface area contributed by atoms with E-state index in [0.29, 0.717) is 5.56 Å². The van der Waals surface area contributed by atoms with Crippen LogP contribution in [0.4, 0.5) is 4.39 Å². The molecule has 0 radical (unpaired) electrons. The Morgan fingerprint density at radius 3 is 2.50 bits per heavy atom. The number of benzene rings is 1. The van der Waals surface area contributed by atoms with E-state index in [1.165, 1.54) is 23.5 Å². The molecular formula is C11H16FNO2S. The SMILES string of the molecule is CC(C)S(=O)(=O)N(C)Cc1cccc(F)c1. The van der Waals surface area contributed by atoms with Crippen LogP contribution >= 0.6 is 0 Å². The molecule has 0 aliphatic heterocycles. The van der Waals surface area contributed by atoms with Crippen molar-refractivity contribution in [2.75, 3.05) is 7.05 Å². The van der Waals surface area contributed by atoms with Crippen molar-refractivity contribution >= 4 is 10.0 Å². The van der Waals surface area contributed by atoms with Crippen molar-refractivity contribution < 1.29 is 12.8 Å².